The van der Waals surface area contributed by atoms with Gasteiger partial charge in [0.15, 0.2) is 5.71 Å². The van der Waals surface area contributed by atoms with E-state index in [2.05, 4.69) is 5.16 Å². The van der Waals surface area contributed by atoms with Crippen molar-refractivity contribution < 1.29 is 18.4 Å². The zero-order chi connectivity index (χ0) is 12.3. The Morgan fingerprint density at radius 3 is 2.38 bits per heavy atom. The molecule has 1 aromatic carbocycles. The second-order valence-corrected chi connectivity index (χ2v) is 3.39. The number of nitrogens with zero attached hydrogens (tertiary/aromatic N) is 2. The molecule has 0 atom stereocenters. The lowest BCUT2D eigenvalue weighted by molar-refractivity contribution is -0.0601. The zero-order valence-electron chi connectivity index (χ0n) is 8.78. The van der Waals surface area contributed by atoms with Gasteiger partial charge >= 0.3 is 6.18 Å². The van der Waals surface area contributed by atoms with E-state index < -0.39 is 11.9 Å². The first kappa shape index (κ1) is 12.4. The number of halogens is 3. The Balaban J connectivity index is 3.18. The maximum Gasteiger partial charge on any atom is 0.437 e. The molecule has 0 fully saturated rings. The van der Waals surface area contributed by atoms with Gasteiger partial charge in [0.25, 0.3) is 0 Å². The van der Waals surface area contributed by atoms with E-state index in [0.29, 0.717) is 5.69 Å². The van der Waals surface area contributed by atoms with E-state index in [-0.39, 0.29) is 5.56 Å². The molecule has 1 rings (SSSR count). The monoisotopic (exact) mass is 232 g/mol. The first-order chi connectivity index (χ1) is 7.36. The molecule has 0 aromatic heterocycles. The summed E-state index contributed by atoms with van der Waals surface area (Å²) in [6, 6.07) is 5.69. The first-order valence-electron chi connectivity index (χ1n) is 4.43. The molecule has 88 valence electrons. The van der Waals surface area contributed by atoms with Crippen LogP contribution in [-0.2, 0) is 0 Å². The molecule has 0 radical (unpaired) electrons. The summed E-state index contributed by atoms with van der Waals surface area (Å²) in [5.74, 6) is 0. The molecule has 0 saturated carbocycles. The minimum Gasteiger partial charge on any atom is -0.410 e. The molecule has 3 nitrogen and oxygen atoms in total. The average Bonchev–Trinajstić information content (AvgIpc) is 2.17. The Morgan fingerprint density at radius 2 is 1.94 bits per heavy atom. The lowest BCUT2D eigenvalue weighted by atomic mass is 10.1. The maximum absolute atomic E-state index is 12.4. The van der Waals surface area contributed by atoms with Crippen molar-refractivity contribution in [1.82, 2.24) is 0 Å². The molecule has 0 unspecified atom stereocenters. The average molecular weight is 232 g/mol. The highest BCUT2D eigenvalue weighted by Gasteiger charge is 2.37. The van der Waals surface area contributed by atoms with Crippen molar-refractivity contribution in [1.29, 1.82) is 0 Å². The normalized spacial score (nSPS) is 12.7. The van der Waals surface area contributed by atoms with Crippen molar-refractivity contribution >= 4 is 11.4 Å². The topological polar surface area (TPSA) is 35.8 Å². The second-order valence-electron chi connectivity index (χ2n) is 3.39. The van der Waals surface area contributed by atoms with Gasteiger partial charge in [-0.05, 0) is 12.1 Å². The van der Waals surface area contributed by atoms with Crippen LogP contribution in [0.1, 0.15) is 5.56 Å². The van der Waals surface area contributed by atoms with Gasteiger partial charge in [0.05, 0.1) is 0 Å². The molecule has 1 N–H and O–H groups in total. The van der Waals surface area contributed by atoms with E-state index in [1.54, 1.807) is 25.1 Å². The lowest BCUT2D eigenvalue weighted by Crippen LogP contribution is -2.24. The van der Waals surface area contributed by atoms with Crippen molar-refractivity contribution in [3.05, 3.63) is 29.8 Å². The van der Waals surface area contributed by atoms with Crippen LogP contribution in [0.5, 0.6) is 0 Å². The predicted octanol–water partition coefficient (Wildman–Crippen LogP) is 2.49. The van der Waals surface area contributed by atoms with Gasteiger partial charge in [-0.2, -0.15) is 13.2 Å². The smallest absolute Gasteiger partial charge is 0.410 e. The molecule has 0 aliphatic carbocycles. The zero-order valence-corrected chi connectivity index (χ0v) is 8.78. The molecule has 6 heteroatoms. The molecule has 1 aromatic rings. The molecule has 0 aliphatic rings. The lowest BCUT2D eigenvalue weighted by Gasteiger charge is -2.14. The van der Waals surface area contributed by atoms with Crippen molar-refractivity contribution in [2.24, 2.45) is 5.16 Å². The van der Waals surface area contributed by atoms with Crippen LogP contribution in [0.15, 0.2) is 29.4 Å². The summed E-state index contributed by atoms with van der Waals surface area (Å²) in [7, 11) is 3.42. The highest BCUT2D eigenvalue weighted by atomic mass is 19.4. The summed E-state index contributed by atoms with van der Waals surface area (Å²) >= 11 is 0. The second kappa shape index (κ2) is 4.42. The summed E-state index contributed by atoms with van der Waals surface area (Å²) in [4.78, 5) is 1.66. The first-order valence-corrected chi connectivity index (χ1v) is 4.43. The van der Waals surface area contributed by atoms with E-state index in [9.17, 15) is 13.2 Å². The van der Waals surface area contributed by atoms with Gasteiger partial charge < -0.3 is 10.1 Å². The number of rotatable bonds is 2. The van der Waals surface area contributed by atoms with Crippen molar-refractivity contribution in [3.63, 3.8) is 0 Å². The van der Waals surface area contributed by atoms with E-state index in [0.717, 1.165) is 0 Å². The fourth-order valence-electron chi connectivity index (χ4n) is 1.21. The molecule has 0 amide bonds. The largest absolute Gasteiger partial charge is 0.437 e. The summed E-state index contributed by atoms with van der Waals surface area (Å²) in [5, 5.41) is 10.7. The van der Waals surface area contributed by atoms with Gasteiger partial charge in [0, 0.05) is 25.3 Å². The van der Waals surface area contributed by atoms with Gasteiger partial charge in [0.1, 0.15) is 0 Å². The van der Waals surface area contributed by atoms with E-state index in [1.807, 2.05) is 0 Å². The van der Waals surface area contributed by atoms with Crippen LogP contribution in [0, 0.1) is 0 Å². The van der Waals surface area contributed by atoms with Gasteiger partial charge in [-0.25, -0.2) is 0 Å². The number of anilines is 1. The fourth-order valence-corrected chi connectivity index (χ4v) is 1.21. The summed E-state index contributed by atoms with van der Waals surface area (Å²) < 4.78 is 37.3. The summed E-state index contributed by atoms with van der Waals surface area (Å²) in [6.07, 6.45) is -4.67. The minimum absolute atomic E-state index is 0.166. The summed E-state index contributed by atoms with van der Waals surface area (Å²) in [6.45, 7) is 0. The standard InChI is InChI=1S/C10H11F3N2O/c1-15(2)8-5-3-4-7(6-8)9(14-16)10(11,12)13/h3-6,16H,1-2H3. The minimum atomic E-state index is -4.67. The quantitative estimate of drug-likeness (QED) is 0.483. The van der Waals surface area contributed by atoms with Crippen molar-refractivity contribution in [3.8, 4) is 0 Å². The van der Waals surface area contributed by atoms with E-state index in [1.165, 1.54) is 18.2 Å². The summed E-state index contributed by atoms with van der Waals surface area (Å²) in [5.41, 5.74) is -0.861. The molecular formula is C10H11F3N2O. The molecule has 16 heavy (non-hydrogen) atoms. The Hall–Kier alpha value is -1.72. The highest BCUT2D eigenvalue weighted by Crippen LogP contribution is 2.24. The van der Waals surface area contributed by atoms with Crippen LogP contribution >= 0.6 is 0 Å². The Bertz CT molecular complexity index is 399. The van der Waals surface area contributed by atoms with E-state index in [4.69, 9.17) is 5.21 Å². The van der Waals surface area contributed by atoms with Crippen molar-refractivity contribution in [2.75, 3.05) is 19.0 Å². The van der Waals surface area contributed by atoms with Crippen LogP contribution < -0.4 is 4.90 Å². The third-order valence-electron chi connectivity index (χ3n) is 2.00. The maximum atomic E-state index is 12.4. The number of hydrogen-bond donors (Lipinski definition) is 1. The molecule has 0 aliphatic heterocycles. The number of oxime groups is 1. The van der Waals surface area contributed by atoms with E-state index >= 15 is 0 Å². The highest BCUT2D eigenvalue weighted by molar-refractivity contribution is 6.04. The molecule has 0 saturated heterocycles. The number of benzene rings is 1. The van der Waals surface area contributed by atoms with Crippen LogP contribution in [-0.4, -0.2) is 31.2 Å². The SMILES string of the molecule is CN(C)c1cccc(C(=NO)C(F)(F)F)c1. The Labute approximate surface area is 90.8 Å². The number of hydrogen-bond acceptors (Lipinski definition) is 3. The van der Waals surface area contributed by atoms with Gasteiger partial charge in [0.2, 0.25) is 0 Å². The third kappa shape index (κ3) is 2.65. The molecule has 0 heterocycles. The van der Waals surface area contributed by atoms with Crippen LogP contribution in [0.25, 0.3) is 0 Å². The van der Waals surface area contributed by atoms with Gasteiger partial charge in [-0.3, -0.25) is 0 Å². The van der Waals surface area contributed by atoms with Crippen molar-refractivity contribution in [2.45, 2.75) is 6.18 Å². The van der Waals surface area contributed by atoms with Gasteiger partial charge in [-0.1, -0.05) is 17.3 Å². The predicted molar refractivity (Wildman–Crippen MR) is 55.1 cm³/mol. The fraction of sp³-hybridized carbons (Fsp3) is 0.300. The van der Waals surface area contributed by atoms with Crippen LogP contribution in [0.4, 0.5) is 18.9 Å². The Kier molecular flexibility index (Phi) is 3.41. The van der Waals surface area contributed by atoms with Gasteiger partial charge in [-0.15, -0.1) is 0 Å². The molecule has 0 spiro atoms. The third-order valence-corrected chi connectivity index (χ3v) is 2.00. The molecule has 0 bridgehead atoms. The number of alkyl halides is 3. The van der Waals surface area contributed by atoms with Crippen LogP contribution in [0.2, 0.25) is 0 Å². The van der Waals surface area contributed by atoms with Crippen LogP contribution in [0.3, 0.4) is 0 Å². The molecular weight excluding hydrogens is 221 g/mol. The Morgan fingerprint density at radius 1 is 1.31 bits per heavy atom.